The molecule has 0 saturated carbocycles. The van der Waals surface area contributed by atoms with Crippen molar-refractivity contribution in [2.45, 2.75) is 6.61 Å². The number of rotatable bonds is 2. The first-order valence-electron chi connectivity index (χ1n) is 4.21. The van der Waals surface area contributed by atoms with Crippen LogP contribution in [-0.4, -0.2) is 14.9 Å². The summed E-state index contributed by atoms with van der Waals surface area (Å²) in [5.41, 5.74) is 1.53. The third-order valence-electron chi connectivity index (χ3n) is 1.88. The van der Waals surface area contributed by atoms with Gasteiger partial charge >= 0.3 is 0 Å². The van der Waals surface area contributed by atoms with E-state index in [-0.39, 0.29) is 6.61 Å². The van der Waals surface area contributed by atoms with Gasteiger partial charge in [0.2, 0.25) is 0 Å². The maximum absolute atomic E-state index is 8.85. The van der Waals surface area contributed by atoms with Gasteiger partial charge in [0.1, 0.15) is 0 Å². The Labute approximate surface area is 86.6 Å². The molecule has 0 unspecified atom stereocenters. The number of aliphatic hydroxyl groups excluding tert-OH is 1. The lowest BCUT2D eigenvalue weighted by Crippen LogP contribution is -1.95. The first-order chi connectivity index (χ1) is 6.79. The van der Waals surface area contributed by atoms with Crippen LogP contribution in [0.1, 0.15) is 5.69 Å². The SMILES string of the molecule is OCc1ccn(-c2cccc(Cl)c2)n1. The molecule has 1 heterocycles. The topological polar surface area (TPSA) is 38.0 Å². The smallest absolute Gasteiger partial charge is 0.0883 e. The number of aromatic nitrogens is 2. The van der Waals surface area contributed by atoms with Crippen LogP contribution in [-0.2, 0) is 6.61 Å². The first-order valence-corrected chi connectivity index (χ1v) is 4.59. The number of aliphatic hydroxyl groups is 1. The molecular weight excluding hydrogens is 200 g/mol. The van der Waals surface area contributed by atoms with E-state index in [2.05, 4.69) is 5.10 Å². The average molecular weight is 209 g/mol. The lowest BCUT2D eigenvalue weighted by molar-refractivity contribution is 0.276. The normalized spacial score (nSPS) is 10.4. The molecule has 3 nitrogen and oxygen atoms in total. The Morgan fingerprint density at radius 1 is 1.36 bits per heavy atom. The Morgan fingerprint density at radius 3 is 2.86 bits per heavy atom. The fourth-order valence-electron chi connectivity index (χ4n) is 1.21. The van der Waals surface area contributed by atoms with Gasteiger partial charge in [-0.1, -0.05) is 17.7 Å². The Morgan fingerprint density at radius 2 is 2.21 bits per heavy atom. The lowest BCUT2D eigenvalue weighted by atomic mass is 10.3. The van der Waals surface area contributed by atoms with Gasteiger partial charge in [0, 0.05) is 11.2 Å². The Bertz CT molecular complexity index is 439. The van der Waals surface area contributed by atoms with Crippen molar-refractivity contribution in [3.63, 3.8) is 0 Å². The Balaban J connectivity index is 2.39. The summed E-state index contributed by atoms with van der Waals surface area (Å²) < 4.78 is 1.68. The minimum Gasteiger partial charge on any atom is -0.390 e. The Kier molecular flexibility index (Phi) is 2.52. The van der Waals surface area contributed by atoms with Gasteiger partial charge in [0.25, 0.3) is 0 Å². The summed E-state index contributed by atoms with van der Waals surface area (Å²) in [5.74, 6) is 0. The van der Waals surface area contributed by atoms with E-state index in [1.165, 1.54) is 0 Å². The van der Waals surface area contributed by atoms with E-state index < -0.39 is 0 Å². The fraction of sp³-hybridized carbons (Fsp3) is 0.100. The third kappa shape index (κ3) is 1.78. The standard InChI is InChI=1S/C10H9ClN2O/c11-8-2-1-3-10(6-8)13-5-4-9(7-14)12-13/h1-6,14H,7H2. The van der Waals surface area contributed by atoms with Gasteiger partial charge in [-0.15, -0.1) is 0 Å². The molecule has 2 rings (SSSR count). The highest BCUT2D eigenvalue weighted by molar-refractivity contribution is 6.30. The van der Waals surface area contributed by atoms with Crippen LogP contribution in [0.2, 0.25) is 5.02 Å². The van der Waals surface area contributed by atoms with Crippen LogP contribution in [0.3, 0.4) is 0 Å². The van der Waals surface area contributed by atoms with Gasteiger partial charge in [0.15, 0.2) is 0 Å². The highest BCUT2D eigenvalue weighted by atomic mass is 35.5. The molecule has 2 aromatic rings. The molecule has 1 aromatic heterocycles. The van der Waals surface area contributed by atoms with Crippen LogP contribution in [0.25, 0.3) is 5.69 Å². The van der Waals surface area contributed by atoms with Gasteiger partial charge in [-0.25, -0.2) is 4.68 Å². The van der Waals surface area contributed by atoms with Crippen molar-refractivity contribution in [3.05, 3.63) is 47.2 Å². The second kappa shape index (κ2) is 3.82. The molecule has 0 aliphatic carbocycles. The maximum Gasteiger partial charge on any atom is 0.0883 e. The predicted molar refractivity (Wildman–Crippen MR) is 54.5 cm³/mol. The van der Waals surface area contributed by atoms with Crippen LogP contribution in [0.5, 0.6) is 0 Å². The van der Waals surface area contributed by atoms with Crippen molar-refractivity contribution in [2.24, 2.45) is 0 Å². The number of nitrogens with zero attached hydrogens (tertiary/aromatic N) is 2. The van der Waals surface area contributed by atoms with E-state index in [0.717, 1.165) is 5.69 Å². The van der Waals surface area contributed by atoms with E-state index in [0.29, 0.717) is 10.7 Å². The molecule has 0 aliphatic rings. The first kappa shape index (κ1) is 9.24. The number of benzene rings is 1. The molecule has 0 radical (unpaired) electrons. The molecule has 0 spiro atoms. The zero-order chi connectivity index (χ0) is 9.97. The van der Waals surface area contributed by atoms with Crippen molar-refractivity contribution in [1.29, 1.82) is 0 Å². The second-order valence-corrected chi connectivity index (χ2v) is 3.33. The fourth-order valence-corrected chi connectivity index (χ4v) is 1.39. The zero-order valence-electron chi connectivity index (χ0n) is 7.39. The summed E-state index contributed by atoms with van der Waals surface area (Å²) in [6, 6.07) is 9.15. The molecule has 0 atom stereocenters. The van der Waals surface area contributed by atoms with Crippen molar-refractivity contribution in [3.8, 4) is 5.69 Å². The van der Waals surface area contributed by atoms with Gasteiger partial charge in [-0.2, -0.15) is 5.10 Å². The highest BCUT2D eigenvalue weighted by Gasteiger charge is 1.99. The van der Waals surface area contributed by atoms with Gasteiger partial charge < -0.3 is 5.11 Å². The van der Waals surface area contributed by atoms with Crippen molar-refractivity contribution < 1.29 is 5.11 Å². The quantitative estimate of drug-likeness (QED) is 0.820. The van der Waals surface area contributed by atoms with Crippen LogP contribution in [0.4, 0.5) is 0 Å². The largest absolute Gasteiger partial charge is 0.390 e. The Hall–Kier alpha value is -1.32. The molecule has 72 valence electrons. The molecule has 0 bridgehead atoms. The highest BCUT2D eigenvalue weighted by Crippen LogP contribution is 2.14. The minimum atomic E-state index is -0.0480. The second-order valence-electron chi connectivity index (χ2n) is 2.89. The summed E-state index contributed by atoms with van der Waals surface area (Å²) in [5, 5.41) is 13.7. The van der Waals surface area contributed by atoms with Crippen molar-refractivity contribution in [1.82, 2.24) is 9.78 Å². The van der Waals surface area contributed by atoms with Crippen LogP contribution in [0, 0.1) is 0 Å². The molecule has 1 aromatic carbocycles. The third-order valence-corrected chi connectivity index (χ3v) is 2.11. The molecule has 4 heteroatoms. The van der Waals surface area contributed by atoms with Crippen molar-refractivity contribution in [2.75, 3.05) is 0 Å². The molecule has 14 heavy (non-hydrogen) atoms. The van der Waals surface area contributed by atoms with E-state index in [1.54, 1.807) is 16.9 Å². The van der Waals surface area contributed by atoms with E-state index in [1.807, 2.05) is 24.3 Å². The van der Waals surface area contributed by atoms with Crippen LogP contribution < -0.4 is 0 Å². The molecular formula is C10H9ClN2O. The molecule has 0 saturated heterocycles. The number of hydrogen-bond acceptors (Lipinski definition) is 2. The van der Waals surface area contributed by atoms with Gasteiger partial charge in [0.05, 0.1) is 18.0 Å². The molecule has 0 aliphatic heterocycles. The summed E-state index contributed by atoms with van der Waals surface area (Å²) in [6.45, 7) is -0.0480. The van der Waals surface area contributed by atoms with E-state index >= 15 is 0 Å². The predicted octanol–water partition coefficient (Wildman–Crippen LogP) is 2.02. The van der Waals surface area contributed by atoms with Gasteiger partial charge in [-0.05, 0) is 24.3 Å². The van der Waals surface area contributed by atoms with Gasteiger partial charge in [-0.3, -0.25) is 0 Å². The number of hydrogen-bond donors (Lipinski definition) is 1. The summed E-state index contributed by atoms with van der Waals surface area (Å²) in [6.07, 6.45) is 1.79. The van der Waals surface area contributed by atoms with Crippen molar-refractivity contribution >= 4 is 11.6 Å². The molecule has 1 N–H and O–H groups in total. The molecule has 0 amide bonds. The minimum absolute atomic E-state index is 0.0480. The van der Waals surface area contributed by atoms with Crippen LogP contribution >= 0.6 is 11.6 Å². The summed E-state index contributed by atoms with van der Waals surface area (Å²) >= 11 is 5.84. The lowest BCUT2D eigenvalue weighted by Gasteiger charge is -2.00. The summed E-state index contributed by atoms with van der Waals surface area (Å²) in [7, 11) is 0. The van der Waals surface area contributed by atoms with E-state index in [4.69, 9.17) is 16.7 Å². The average Bonchev–Trinajstić information content (AvgIpc) is 2.66. The van der Waals surface area contributed by atoms with Crippen LogP contribution in [0.15, 0.2) is 36.5 Å². The van der Waals surface area contributed by atoms with E-state index in [9.17, 15) is 0 Å². The molecule has 0 fully saturated rings. The monoisotopic (exact) mass is 208 g/mol. The maximum atomic E-state index is 8.85. The zero-order valence-corrected chi connectivity index (χ0v) is 8.15. The summed E-state index contributed by atoms with van der Waals surface area (Å²) in [4.78, 5) is 0. The number of halogens is 1.